The highest BCUT2D eigenvalue weighted by molar-refractivity contribution is 5.67. The van der Waals surface area contributed by atoms with Crippen LogP contribution in [0.3, 0.4) is 0 Å². The number of amides is 1. The summed E-state index contributed by atoms with van der Waals surface area (Å²) in [5, 5.41) is 2.67. The molecular formula is C19H20N2O2. The fourth-order valence-corrected chi connectivity index (χ4v) is 1.94. The molecule has 118 valence electrons. The first-order chi connectivity index (χ1) is 11.1. The number of rotatable bonds is 4. The van der Waals surface area contributed by atoms with Crippen molar-refractivity contribution in [2.24, 2.45) is 0 Å². The van der Waals surface area contributed by atoms with E-state index in [1.54, 1.807) is 0 Å². The first kappa shape index (κ1) is 16.4. The summed E-state index contributed by atoms with van der Waals surface area (Å²) < 4.78 is 5.11. The third kappa shape index (κ3) is 5.76. The zero-order chi connectivity index (χ0) is 16.5. The van der Waals surface area contributed by atoms with E-state index in [4.69, 9.17) is 10.5 Å². The second-order valence-corrected chi connectivity index (χ2v) is 5.13. The quantitative estimate of drug-likeness (QED) is 0.518. The molecule has 0 heterocycles. The highest BCUT2D eigenvalue weighted by Gasteiger charge is 2.00. The van der Waals surface area contributed by atoms with Crippen LogP contribution in [-0.4, -0.2) is 12.6 Å². The Morgan fingerprint density at radius 2 is 2.00 bits per heavy atom. The molecule has 4 nitrogen and oxygen atoms in total. The summed E-state index contributed by atoms with van der Waals surface area (Å²) in [5.74, 6) is 6.02. The van der Waals surface area contributed by atoms with E-state index in [0.717, 1.165) is 16.7 Å². The maximum atomic E-state index is 11.5. The van der Waals surface area contributed by atoms with Crippen molar-refractivity contribution in [1.82, 2.24) is 5.32 Å². The molecule has 0 bridgehead atoms. The molecule has 0 saturated carbocycles. The van der Waals surface area contributed by atoms with Crippen LogP contribution < -0.4 is 11.1 Å². The zero-order valence-corrected chi connectivity index (χ0v) is 13.1. The topological polar surface area (TPSA) is 64.3 Å². The van der Waals surface area contributed by atoms with Crippen molar-refractivity contribution in [1.29, 1.82) is 0 Å². The number of carbonyl (C=O) groups is 1. The van der Waals surface area contributed by atoms with Gasteiger partial charge in [-0.3, -0.25) is 0 Å². The maximum Gasteiger partial charge on any atom is 0.407 e. The summed E-state index contributed by atoms with van der Waals surface area (Å²) >= 11 is 0. The van der Waals surface area contributed by atoms with E-state index in [0.29, 0.717) is 18.7 Å². The van der Waals surface area contributed by atoms with E-state index in [1.165, 1.54) is 0 Å². The van der Waals surface area contributed by atoms with E-state index >= 15 is 0 Å². The summed E-state index contributed by atoms with van der Waals surface area (Å²) in [4.78, 5) is 11.5. The van der Waals surface area contributed by atoms with Crippen LogP contribution in [0.25, 0.3) is 0 Å². The minimum Gasteiger partial charge on any atom is -0.445 e. The highest BCUT2D eigenvalue weighted by atomic mass is 16.5. The van der Waals surface area contributed by atoms with E-state index in [9.17, 15) is 4.79 Å². The van der Waals surface area contributed by atoms with Gasteiger partial charge in [0.2, 0.25) is 0 Å². The number of alkyl carbamates (subject to hydrolysis) is 1. The van der Waals surface area contributed by atoms with Gasteiger partial charge in [-0.2, -0.15) is 0 Å². The second-order valence-electron chi connectivity index (χ2n) is 5.13. The molecule has 1 amide bonds. The minimum absolute atomic E-state index is 0.262. The molecule has 0 spiro atoms. The van der Waals surface area contributed by atoms with Gasteiger partial charge >= 0.3 is 6.09 Å². The molecule has 0 aromatic heterocycles. The lowest BCUT2D eigenvalue weighted by atomic mass is 10.1. The Morgan fingerprint density at radius 1 is 1.22 bits per heavy atom. The first-order valence-electron chi connectivity index (χ1n) is 7.44. The van der Waals surface area contributed by atoms with E-state index in [2.05, 4.69) is 17.2 Å². The number of nitrogen functional groups attached to an aromatic ring is 1. The molecule has 0 fully saturated rings. The molecule has 0 radical (unpaired) electrons. The number of nitrogens with one attached hydrogen (secondary N) is 1. The predicted octanol–water partition coefficient (Wildman–Crippen LogP) is 3.25. The number of carbonyl (C=O) groups excluding carboxylic acids is 1. The molecule has 0 atom stereocenters. The molecule has 2 aromatic rings. The Labute approximate surface area is 136 Å². The van der Waals surface area contributed by atoms with Crippen LogP contribution in [0.1, 0.15) is 23.1 Å². The van der Waals surface area contributed by atoms with E-state index in [-0.39, 0.29) is 6.61 Å². The number of ether oxygens (including phenoxy) is 1. The molecule has 3 N–H and O–H groups in total. The summed E-state index contributed by atoms with van der Waals surface area (Å²) in [5.41, 5.74) is 9.41. The van der Waals surface area contributed by atoms with Crippen LogP contribution in [-0.2, 0) is 11.3 Å². The third-order valence-corrected chi connectivity index (χ3v) is 3.16. The Morgan fingerprint density at radius 3 is 2.78 bits per heavy atom. The summed E-state index contributed by atoms with van der Waals surface area (Å²) in [6.07, 6.45) is 0.0964. The van der Waals surface area contributed by atoms with Crippen molar-refractivity contribution >= 4 is 11.8 Å². The van der Waals surface area contributed by atoms with Crippen molar-refractivity contribution < 1.29 is 9.53 Å². The summed E-state index contributed by atoms with van der Waals surface area (Å²) in [6, 6.07) is 15.3. The van der Waals surface area contributed by atoms with Gasteiger partial charge in [-0.1, -0.05) is 48.2 Å². The Bertz CT molecular complexity index is 715. The monoisotopic (exact) mass is 308 g/mol. The molecule has 23 heavy (non-hydrogen) atoms. The van der Waals surface area contributed by atoms with E-state index in [1.807, 2.05) is 55.5 Å². The summed E-state index contributed by atoms with van der Waals surface area (Å²) in [6.45, 7) is 2.69. The lowest BCUT2D eigenvalue weighted by Crippen LogP contribution is -2.24. The van der Waals surface area contributed by atoms with Gasteiger partial charge in [0, 0.05) is 24.2 Å². The Balaban J connectivity index is 1.70. The number of hydrogen-bond acceptors (Lipinski definition) is 3. The molecule has 2 aromatic carbocycles. The molecule has 4 heteroatoms. The SMILES string of the molecule is Cc1ccc(N)c(C#CCCNC(=O)OCc2ccccc2)c1. The summed E-state index contributed by atoms with van der Waals surface area (Å²) in [7, 11) is 0. The second kappa shape index (κ2) is 8.50. The molecule has 0 unspecified atom stereocenters. The number of nitrogens with two attached hydrogens (primary N) is 1. The van der Waals surface area contributed by atoms with Crippen LogP contribution in [0.15, 0.2) is 48.5 Å². The van der Waals surface area contributed by atoms with Crippen molar-refractivity contribution in [3.05, 3.63) is 65.2 Å². The largest absolute Gasteiger partial charge is 0.445 e. The van der Waals surface area contributed by atoms with Crippen molar-refractivity contribution in [2.75, 3.05) is 12.3 Å². The van der Waals surface area contributed by atoms with E-state index < -0.39 is 6.09 Å². The number of anilines is 1. The van der Waals surface area contributed by atoms with Gasteiger partial charge in [-0.25, -0.2) is 4.79 Å². The zero-order valence-electron chi connectivity index (χ0n) is 13.1. The average Bonchev–Trinajstić information content (AvgIpc) is 2.56. The standard InChI is InChI=1S/C19H20N2O2/c1-15-10-11-18(20)17(13-15)9-5-6-12-21-19(22)23-14-16-7-3-2-4-8-16/h2-4,7-8,10-11,13H,6,12,14,20H2,1H3,(H,21,22). The van der Waals surface area contributed by atoms with Gasteiger partial charge in [0.15, 0.2) is 0 Å². The molecular weight excluding hydrogens is 288 g/mol. The van der Waals surface area contributed by atoms with Crippen LogP contribution in [0.5, 0.6) is 0 Å². The smallest absolute Gasteiger partial charge is 0.407 e. The van der Waals surface area contributed by atoms with Gasteiger partial charge in [0.1, 0.15) is 6.61 Å². The van der Waals surface area contributed by atoms with Crippen molar-refractivity contribution in [3.63, 3.8) is 0 Å². The van der Waals surface area contributed by atoms with Gasteiger partial charge in [-0.15, -0.1) is 0 Å². The number of hydrogen-bond donors (Lipinski definition) is 2. The lowest BCUT2D eigenvalue weighted by Gasteiger charge is -2.05. The minimum atomic E-state index is -0.439. The highest BCUT2D eigenvalue weighted by Crippen LogP contribution is 2.11. The fourth-order valence-electron chi connectivity index (χ4n) is 1.94. The normalized spacial score (nSPS) is 9.61. The van der Waals surface area contributed by atoms with Gasteiger partial charge < -0.3 is 15.8 Å². The molecule has 0 aliphatic rings. The first-order valence-corrected chi connectivity index (χ1v) is 7.44. The van der Waals surface area contributed by atoms with Crippen LogP contribution in [0.2, 0.25) is 0 Å². The van der Waals surface area contributed by atoms with Crippen LogP contribution in [0, 0.1) is 18.8 Å². The fraction of sp³-hybridized carbons (Fsp3) is 0.211. The maximum absolute atomic E-state index is 11.5. The number of aryl methyl sites for hydroxylation is 1. The van der Waals surface area contributed by atoms with Crippen molar-refractivity contribution in [3.8, 4) is 11.8 Å². The van der Waals surface area contributed by atoms with Crippen LogP contribution in [0.4, 0.5) is 10.5 Å². The predicted molar refractivity (Wildman–Crippen MR) is 91.7 cm³/mol. The number of benzene rings is 2. The average molecular weight is 308 g/mol. The third-order valence-electron chi connectivity index (χ3n) is 3.16. The molecule has 0 aliphatic heterocycles. The van der Waals surface area contributed by atoms with Gasteiger partial charge in [0.05, 0.1) is 0 Å². The molecule has 0 saturated heterocycles. The Kier molecular flexibility index (Phi) is 6.07. The molecule has 0 aliphatic carbocycles. The van der Waals surface area contributed by atoms with Crippen molar-refractivity contribution in [2.45, 2.75) is 20.0 Å². The lowest BCUT2D eigenvalue weighted by molar-refractivity contribution is 0.140. The van der Waals surface area contributed by atoms with Gasteiger partial charge in [0.25, 0.3) is 0 Å². The van der Waals surface area contributed by atoms with Crippen LogP contribution >= 0.6 is 0 Å². The molecule has 2 rings (SSSR count). The Hall–Kier alpha value is -2.93. The van der Waals surface area contributed by atoms with Gasteiger partial charge in [-0.05, 0) is 30.2 Å².